The van der Waals surface area contributed by atoms with Crippen molar-refractivity contribution >= 4 is 48.7 Å². The Morgan fingerprint density at radius 1 is 1.13 bits per heavy atom. The number of aryl methyl sites for hydroxylation is 1. The van der Waals surface area contributed by atoms with Crippen molar-refractivity contribution in [1.82, 2.24) is 4.98 Å². The summed E-state index contributed by atoms with van der Waals surface area (Å²) < 4.78 is 20.2. The van der Waals surface area contributed by atoms with Gasteiger partial charge in [-0.15, -0.1) is 0 Å². The molecule has 1 heterocycles. The maximum absolute atomic E-state index is 13.3. The lowest BCUT2D eigenvalue weighted by molar-refractivity contribution is 0.0735. The van der Waals surface area contributed by atoms with Gasteiger partial charge in [-0.2, -0.15) is 0 Å². The molecule has 0 aliphatic heterocycles. The molecule has 116 valence electrons. The fraction of sp³-hybridized carbons (Fsp3) is 0.0588. The van der Waals surface area contributed by atoms with E-state index in [0.717, 1.165) is 21.6 Å². The first-order chi connectivity index (χ1) is 11.0. The van der Waals surface area contributed by atoms with Crippen LogP contribution in [0, 0.1) is 12.7 Å². The number of aromatic nitrogens is 1. The summed E-state index contributed by atoms with van der Waals surface area (Å²) in [5.74, 6) is -0.827. The van der Waals surface area contributed by atoms with Gasteiger partial charge in [-0.3, -0.25) is 0 Å². The Hall–Kier alpha value is -1.79. The Kier molecular flexibility index (Phi) is 4.46. The van der Waals surface area contributed by atoms with Gasteiger partial charge in [0.05, 0.1) is 10.0 Å². The van der Waals surface area contributed by atoms with E-state index in [0.29, 0.717) is 15.7 Å². The molecule has 23 heavy (non-hydrogen) atoms. The van der Waals surface area contributed by atoms with Gasteiger partial charge in [-0.1, -0.05) is 22.0 Å². The minimum absolute atomic E-state index is 0.139. The molecule has 0 radical (unpaired) electrons. The van der Waals surface area contributed by atoms with E-state index >= 15 is 0 Å². The van der Waals surface area contributed by atoms with E-state index in [2.05, 4.69) is 36.8 Å². The highest BCUT2D eigenvalue weighted by Crippen LogP contribution is 2.38. The third-order valence-electron chi connectivity index (χ3n) is 3.23. The van der Waals surface area contributed by atoms with Crippen molar-refractivity contribution in [3.63, 3.8) is 0 Å². The summed E-state index contributed by atoms with van der Waals surface area (Å²) in [6, 6.07) is 10.9. The molecule has 0 N–H and O–H groups in total. The van der Waals surface area contributed by atoms with Gasteiger partial charge < -0.3 is 4.74 Å². The molecule has 0 saturated heterocycles. The van der Waals surface area contributed by atoms with Crippen molar-refractivity contribution in [1.29, 1.82) is 0 Å². The Labute approximate surface area is 148 Å². The lowest BCUT2D eigenvalue weighted by Crippen LogP contribution is -2.10. The molecule has 2 aromatic carbocycles. The number of benzene rings is 2. The van der Waals surface area contributed by atoms with Gasteiger partial charge in [-0.05, 0) is 59.3 Å². The van der Waals surface area contributed by atoms with E-state index in [-0.39, 0.29) is 5.56 Å². The van der Waals surface area contributed by atoms with Gasteiger partial charge in [0.1, 0.15) is 11.3 Å². The fourth-order valence-corrected chi connectivity index (χ4v) is 3.51. The number of nitrogens with zero attached hydrogens (tertiary/aromatic N) is 1. The molecule has 0 aliphatic rings. The molecule has 0 aliphatic carbocycles. The van der Waals surface area contributed by atoms with E-state index in [1.165, 1.54) is 18.2 Å². The third kappa shape index (κ3) is 3.28. The first-order valence-electron chi connectivity index (χ1n) is 6.69. The van der Waals surface area contributed by atoms with Crippen LogP contribution in [0.3, 0.4) is 0 Å². The quantitative estimate of drug-likeness (QED) is 0.395. The van der Waals surface area contributed by atoms with Gasteiger partial charge in [0.2, 0.25) is 0 Å². The minimum Gasteiger partial charge on any atom is -0.419 e. The van der Waals surface area contributed by atoms with Crippen molar-refractivity contribution in [3.05, 3.63) is 68.5 Å². The highest BCUT2D eigenvalue weighted by atomic mass is 79.9. The predicted molar refractivity (Wildman–Crippen MR) is 93.2 cm³/mol. The molecule has 0 spiro atoms. The van der Waals surface area contributed by atoms with Crippen LogP contribution < -0.4 is 4.74 Å². The van der Waals surface area contributed by atoms with Crippen molar-refractivity contribution in [2.24, 2.45) is 0 Å². The largest absolute Gasteiger partial charge is 0.419 e. The van der Waals surface area contributed by atoms with E-state index in [1.807, 2.05) is 19.1 Å². The molecule has 3 rings (SSSR count). The zero-order valence-corrected chi connectivity index (χ0v) is 15.1. The Morgan fingerprint density at radius 3 is 2.65 bits per heavy atom. The first kappa shape index (κ1) is 16.1. The number of hydrogen-bond acceptors (Lipinski definition) is 3. The van der Waals surface area contributed by atoms with E-state index in [9.17, 15) is 9.18 Å². The summed E-state index contributed by atoms with van der Waals surface area (Å²) in [6.45, 7) is 1.85. The van der Waals surface area contributed by atoms with Crippen LogP contribution in [0.4, 0.5) is 4.39 Å². The van der Waals surface area contributed by atoms with Gasteiger partial charge in [0.25, 0.3) is 0 Å². The first-order valence-corrected chi connectivity index (χ1v) is 8.27. The maximum Gasteiger partial charge on any atom is 0.343 e. The van der Waals surface area contributed by atoms with Crippen LogP contribution in [0.5, 0.6) is 5.75 Å². The van der Waals surface area contributed by atoms with Crippen LogP contribution in [0.15, 0.2) is 51.4 Å². The summed E-state index contributed by atoms with van der Waals surface area (Å²) in [4.78, 5) is 16.7. The van der Waals surface area contributed by atoms with Crippen molar-refractivity contribution in [2.75, 3.05) is 0 Å². The van der Waals surface area contributed by atoms with Crippen LogP contribution in [-0.2, 0) is 0 Å². The number of esters is 1. The molecule has 3 aromatic rings. The van der Waals surface area contributed by atoms with Crippen LogP contribution >= 0.6 is 31.9 Å². The fourth-order valence-electron chi connectivity index (χ4n) is 2.15. The number of carbonyl (C=O) groups excluding carboxylic acids is 1. The number of pyridine rings is 1. The van der Waals surface area contributed by atoms with E-state index in [1.54, 1.807) is 6.07 Å². The van der Waals surface area contributed by atoms with Gasteiger partial charge in [-0.25, -0.2) is 14.2 Å². The predicted octanol–water partition coefficient (Wildman–Crippen LogP) is 5.43. The monoisotopic (exact) mass is 437 g/mol. The molecular weight excluding hydrogens is 429 g/mol. The second kappa shape index (κ2) is 6.37. The SMILES string of the molecule is Cc1ccc2c(Br)cc(Br)c(OC(=O)c3cccc(F)c3)c2n1. The van der Waals surface area contributed by atoms with Crippen LogP contribution in [0.2, 0.25) is 0 Å². The van der Waals surface area contributed by atoms with Crippen LogP contribution in [0.1, 0.15) is 16.1 Å². The molecule has 0 unspecified atom stereocenters. The Morgan fingerprint density at radius 2 is 1.91 bits per heavy atom. The number of halogens is 3. The molecule has 6 heteroatoms. The summed E-state index contributed by atoms with van der Waals surface area (Å²) in [6.07, 6.45) is 0. The molecular formula is C17H10Br2FNO2. The Balaban J connectivity index is 2.09. The van der Waals surface area contributed by atoms with Crippen molar-refractivity contribution in [3.8, 4) is 5.75 Å². The molecule has 0 atom stereocenters. The standard InChI is InChI=1S/C17H10Br2FNO2/c1-9-5-6-12-13(18)8-14(19)16(15(12)21-9)23-17(22)10-3-2-4-11(20)7-10/h2-8H,1H3. The zero-order chi connectivity index (χ0) is 16.6. The number of fused-ring (bicyclic) bond motifs is 1. The number of ether oxygens (including phenoxy) is 1. The Bertz CT molecular complexity index is 928. The second-order valence-electron chi connectivity index (χ2n) is 4.92. The van der Waals surface area contributed by atoms with Gasteiger partial charge >= 0.3 is 5.97 Å². The summed E-state index contributed by atoms with van der Waals surface area (Å²) in [7, 11) is 0. The lowest BCUT2D eigenvalue weighted by Gasteiger charge is -2.11. The molecule has 0 amide bonds. The molecule has 0 bridgehead atoms. The highest BCUT2D eigenvalue weighted by molar-refractivity contribution is 9.11. The molecule has 1 aromatic heterocycles. The van der Waals surface area contributed by atoms with Gasteiger partial charge in [0.15, 0.2) is 5.75 Å². The smallest absolute Gasteiger partial charge is 0.343 e. The highest BCUT2D eigenvalue weighted by Gasteiger charge is 2.17. The molecule has 3 nitrogen and oxygen atoms in total. The lowest BCUT2D eigenvalue weighted by atomic mass is 10.2. The average Bonchev–Trinajstić information content (AvgIpc) is 2.51. The second-order valence-corrected chi connectivity index (χ2v) is 6.63. The normalized spacial score (nSPS) is 10.8. The minimum atomic E-state index is -0.642. The zero-order valence-electron chi connectivity index (χ0n) is 11.9. The molecule has 0 fully saturated rings. The average molecular weight is 439 g/mol. The number of rotatable bonds is 2. The van der Waals surface area contributed by atoms with E-state index in [4.69, 9.17) is 4.74 Å². The summed E-state index contributed by atoms with van der Waals surface area (Å²) >= 11 is 6.85. The topological polar surface area (TPSA) is 39.2 Å². The summed E-state index contributed by atoms with van der Waals surface area (Å²) in [5, 5.41) is 0.820. The van der Waals surface area contributed by atoms with E-state index < -0.39 is 11.8 Å². The van der Waals surface area contributed by atoms with Crippen molar-refractivity contribution < 1.29 is 13.9 Å². The van der Waals surface area contributed by atoms with Crippen molar-refractivity contribution in [2.45, 2.75) is 6.92 Å². The maximum atomic E-state index is 13.3. The number of carbonyl (C=O) groups is 1. The third-order valence-corrected chi connectivity index (χ3v) is 4.48. The molecule has 0 saturated carbocycles. The van der Waals surface area contributed by atoms with Gasteiger partial charge in [0, 0.05) is 15.6 Å². The number of hydrogen-bond donors (Lipinski definition) is 0. The van der Waals surface area contributed by atoms with Crippen LogP contribution in [0.25, 0.3) is 10.9 Å². The summed E-state index contributed by atoms with van der Waals surface area (Å²) in [5.41, 5.74) is 1.49. The van der Waals surface area contributed by atoms with Crippen LogP contribution in [-0.4, -0.2) is 11.0 Å².